The monoisotopic (exact) mass is 317 g/mol. The van der Waals surface area contributed by atoms with E-state index in [0.29, 0.717) is 18.0 Å². The van der Waals surface area contributed by atoms with Crippen LogP contribution in [0, 0.1) is 6.57 Å². The first-order valence-electron chi connectivity index (χ1n) is 7.06. The number of azo groups is 1. The Morgan fingerprint density at radius 3 is 2.65 bits per heavy atom. The molecule has 0 radical (unpaired) electrons. The molecule has 9 heteroatoms. The first kappa shape index (κ1) is 16.5. The van der Waals surface area contributed by atoms with Crippen molar-refractivity contribution in [1.82, 2.24) is 20.0 Å². The molecule has 0 aliphatic rings. The van der Waals surface area contributed by atoms with Gasteiger partial charge in [-0.3, -0.25) is 5.10 Å². The molecule has 2 N–H and O–H groups in total. The highest BCUT2D eigenvalue weighted by atomic mass is 16.5. The van der Waals surface area contributed by atoms with Crippen LogP contribution in [0.15, 0.2) is 10.2 Å². The smallest absolute Gasteiger partial charge is 0.265 e. The predicted molar refractivity (Wildman–Crippen MR) is 83.8 cm³/mol. The van der Waals surface area contributed by atoms with Crippen LogP contribution in [0.25, 0.3) is 4.85 Å². The zero-order chi connectivity index (χ0) is 17.2. The summed E-state index contributed by atoms with van der Waals surface area (Å²) in [5.41, 5.74) is 0.735. The van der Waals surface area contributed by atoms with Crippen LogP contribution in [0.1, 0.15) is 33.4 Å². The molecule has 23 heavy (non-hydrogen) atoms. The molecule has 2 heterocycles. The second-order valence-corrected chi connectivity index (χ2v) is 5.87. The van der Waals surface area contributed by atoms with Gasteiger partial charge in [-0.05, 0) is 12.3 Å². The number of hydrogen-bond donors (Lipinski definition) is 2. The Kier molecular flexibility index (Phi) is 4.36. The lowest BCUT2D eigenvalue weighted by Crippen LogP contribution is -2.11. The van der Waals surface area contributed by atoms with E-state index in [-0.39, 0.29) is 28.7 Å². The molecule has 0 atom stereocenters. The van der Waals surface area contributed by atoms with Crippen molar-refractivity contribution in [3.63, 3.8) is 0 Å². The third kappa shape index (κ3) is 3.15. The number of nitrogens with one attached hydrogen (secondary N) is 1. The average molecular weight is 317 g/mol. The molecule has 2 aromatic rings. The summed E-state index contributed by atoms with van der Waals surface area (Å²) in [4.78, 5) is 3.48. The number of ether oxygens (including phenoxy) is 1. The Balaban J connectivity index is 2.43. The van der Waals surface area contributed by atoms with Gasteiger partial charge in [-0.15, -0.1) is 15.3 Å². The van der Waals surface area contributed by atoms with Crippen LogP contribution in [-0.4, -0.2) is 31.7 Å². The van der Waals surface area contributed by atoms with Crippen molar-refractivity contribution >= 4 is 17.2 Å². The molecular weight excluding hydrogens is 298 g/mol. The predicted octanol–water partition coefficient (Wildman–Crippen LogP) is 3.51. The fraction of sp³-hybridized carbons (Fsp3) is 0.500. The molecule has 0 aliphatic carbocycles. The maximum absolute atomic E-state index is 9.96. The van der Waals surface area contributed by atoms with Crippen molar-refractivity contribution in [3.8, 4) is 11.8 Å². The van der Waals surface area contributed by atoms with Crippen LogP contribution in [0.2, 0.25) is 0 Å². The summed E-state index contributed by atoms with van der Waals surface area (Å²) < 4.78 is 6.55. The van der Waals surface area contributed by atoms with Gasteiger partial charge in [0.25, 0.3) is 11.6 Å². The largest absolute Gasteiger partial charge is 0.492 e. The minimum Gasteiger partial charge on any atom is -0.492 e. The molecule has 9 nitrogen and oxygen atoms in total. The maximum atomic E-state index is 9.96. The molecule has 0 spiro atoms. The Bertz CT molecular complexity index is 774. The van der Waals surface area contributed by atoms with E-state index in [1.807, 2.05) is 20.8 Å². The summed E-state index contributed by atoms with van der Waals surface area (Å²) in [6.07, 6.45) is 0. The highest BCUT2D eigenvalue weighted by molar-refractivity contribution is 5.67. The number of nitrogens with zero attached hydrogens (tertiary/aromatic N) is 6. The van der Waals surface area contributed by atoms with Crippen LogP contribution in [-0.2, 0) is 12.5 Å². The summed E-state index contributed by atoms with van der Waals surface area (Å²) in [5.74, 6) is 0.240. The fourth-order valence-corrected chi connectivity index (χ4v) is 1.93. The molecule has 0 aliphatic heterocycles. The number of hydrogen-bond acceptors (Lipinski definition) is 6. The van der Waals surface area contributed by atoms with E-state index in [2.05, 4.69) is 30.4 Å². The van der Waals surface area contributed by atoms with Crippen LogP contribution in [0.4, 0.5) is 17.2 Å². The van der Waals surface area contributed by atoms with E-state index in [1.54, 1.807) is 14.0 Å². The third-order valence-electron chi connectivity index (χ3n) is 3.04. The minimum atomic E-state index is -0.295. The first-order chi connectivity index (χ1) is 10.8. The third-order valence-corrected chi connectivity index (χ3v) is 3.04. The van der Waals surface area contributed by atoms with Crippen LogP contribution >= 0.6 is 0 Å². The van der Waals surface area contributed by atoms with Gasteiger partial charge in [-0.2, -0.15) is 5.10 Å². The summed E-state index contributed by atoms with van der Waals surface area (Å²) in [6, 6.07) is 0. The highest BCUT2D eigenvalue weighted by Gasteiger charge is 2.25. The standard InChI is InChI=1S/C14H19N7O2/c1-7-23-12-9(13(22)21(6)20-12)16-18-11-8(15-5)10(17-19-11)14(2,3)4/h22H,7H2,1-4,6H3,(H,17,19)/b18-16+. The minimum absolute atomic E-state index is 0.109. The summed E-state index contributed by atoms with van der Waals surface area (Å²) in [5, 5.41) is 28.8. The van der Waals surface area contributed by atoms with Crippen molar-refractivity contribution in [2.45, 2.75) is 33.1 Å². The van der Waals surface area contributed by atoms with E-state index in [4.69, 9.17) is 11.3 Å². The number of aromatic hydroxyl groups is 1. The van der Waals surface area contributed by atoms with Crippen LogP contribution < -0.4 is 4.74 Å². The van der Waals surface area contributed by atoms with Gasteiger partial charge >= 0.3 is 0 Å². The first-order valence-corrected chi connectivity index (χ1v) is 7.06. The number of H-pyrrole nitrogens is 1. The van der Waals surface area contributed by atoms with E-state index >= 15 is 0 Å². The van der Waals surface area contributed by atoms with Crippen LogP contribution in [0.3, 0.4) is 0 Å². The van der Waals surface area contributed by atoms with Gasteiger partial charge in [-0.25, -0.2) is 9.53 Å². The fourth-order valence-electron chi connectivity index (χ4n) is 1.93. The molecule has 122 valence electrons. The highest BCUT2D eigenvalue weighted by Crippen LogP contribution is 2.40. The number of rotatable bonds is 4. The van der Waals surface area contributed by atoms with Crippen molar-refractivity contribution in [2.24, 2.45) is 17.3 Å². The molecule has 0 amide bonds. The van der Waals surface area contributed by atoms with Gasteiger partial charge in [0.05, 0.1) is 18.9 Å². The van der Waals surface area contributed by atoms with Crippen molar-refractivity contribution in [3.05, 3.63) is 17.1 Å². The van der Waals surface area contributed by atoms with Gasteiger partial charge in [0.15, 0.2) is 5.82 Å². The molecule has 0 saturated heterocycles. The van der Waals surface area contributed by atoms with Crippen molar-refractivity contribution in [1.29, 1.82) is 0 Å². The van der Waals surface area contributed by atoms with E-state index in [9.17, 15) is 5.11 Å². The molecule has 0 saturated carbocycles. The molecule has 0 unspecified atom stereocenters. The second-order valence-electron chi connectivity index (χ2n) is 5.87. The van der Waals surface area contributed by atoms with Crippen molar-refractivity contribution in [2.75, 3.05) is 6.61 Å². The van der Waals surface area contributed by atoms with Gasteiger partial charge in [0.2, 0.25) is 11.6 Å². The lowest BCUT2D eigenvalue weighted by atomic mass is 9.91. The normalized spacial score (nSPS) is 11.8. The topological polar surface area (TPSA) is 105 Å². The van der Waals surface area contributed by atoms with Crippen molar-refractivity contribution < 1.29 is 9.84 Å². The summed E-state index contributed by atoms with van der Waals surface area (Å²) >= 11 is 0. The zero-order valence-corrected chi connectivity index (χ0v) is 13.7. The molecule has 0 bridgehead atoms. The molecule has 2 rings (SSSR count). The number of aromatic amines is 1. The molecule has 2 aromatic heterocycles. The summed E-state index contributed by atoms with van der Waals surface area (Å²) in [7, 11) is 1.56. The lowest BCUT2D eigenvalue weighted by Gasteiger charge is -2.15. The van der Waals surface area contributed by atoms with Gasteiger partial charge in [0.1, 0.15) is 0 Å². The second kappa shape index (κ2) is 6.08. The SMILES string of the molecule is [C-]#[N+]c1c(C(C)(C)C)n[nH]c1/N=N/c1c(OCC)nn(C)c1O. The van der Waals surface area contributed by atoms with Gasteiger partial charge < -0.3 is 9.84 Å². The van der Waals surface area contributed by atoms with E-state index in [0.717, 1.165) is 0 Å². The Morgan fingerprint density at radius 1 is 1.39 bits per heavy atom. The van der Waals surface area contributed by atoms with E-state index in [1.165, 1.54) is 4.68 Å². The van der Waals surface area contributed by atoms with E-state index < -0.39 is 0 Å². The van der Waals surface area contributed by atoms with Gasteiger partial charge in [0, 0.05) is 7.05 Å². The average Bonchev–Trinajstić information content (AvgIpc) is 3.00. The van der Waals surface area contributed by atoms with Gasteiger partial charge in [-0.1, -0.05) is 20.8 Å². The Hall–Kier alpha value is -2.89. The molecule has 0 aromatic carbocycles. The summed E-state index contributed by atoms with van der Waals surface area (Å²) in [6.45, 7) is 15.4. The zero-order valence-electron chi connectivity index (χ0n) is 13.7. The molecule has 0 fully saturated rings. The Morgan fingerprint density at radius 2 is 2.09 bits per heavy atom. The molecular formula is C14H19N7O2. The number of aromatic nitrogens is 4. The van der Waals surface area contributed by atoms with Crippen LogP contribution in [0.5, 0.6) is 11.8 Å². The maximum Gasteiger partial charge on any atom is 0.265 e. The number of aryl methyl sites for hydroxylation is 1. The Labute approximate surface area is 133 Å². The quantitative estimate of drug-likeness (QED) is 0.665. The lowest BCUT2D eigenvalue weighted by molar-refractivity contribution is 0.323.